The van der Waals surface area contributed by atoms with Crippen LogP contribution >= 0.6 is 23.2 Å². The third kappa shape index (κ3) is 5.19. The molecule has 2 aromatic carbocycles. The van der Waals surface area contributed by atoms with Crippen LogP contribution in [0.3, 0.4) is 0 Å². The molecule has 4 nitrogen and oxygen atoms in total. The number of benzene rings is 2. The van der Waals surface area contributed by atoms with Gasteiger partial charge in [0.1, 0.15) is 0 Å². The van der Waals surface area contributed by atoms with E-state index in [2.05, 4.69) is 4.72 Å². The number of sulfonamides is 1. The SMILES string of the molecule is CCC(C)C(NS(=O)(=O)c1ccc(Cl)cc1)C(O)c1ccc(Cl)cc1. The highest BCUT2D eigenvalue weighted by Crippen LogP contribution is 2.27. The molecule has 0 heterocycles. The minimum atomic E-state index is -3.79. The number of hydrogen-bond donors (Lipinski definition) is 2. The summed E-state index contributed by atoms with van der Waals surface area (Å²) >= 11 is 11.7. The summed E-state index contributed by atoms with van der Waals surface area (Å²) in [5, 5.41) is 11.7. The summed E-state index contributed by atoms with van der Waals surface area (Å²) in [6.45, 7) is 3.84. The van der Waals surface area contributed by atoms with E-state index in [4.69, 9.17) is 23.2 Å². The molecule has 0 radical (unpaired) electrons. The van der Waals surface area contributed by atoms with Crippen molar-refractivity contribution in [3.05, 3.63) is 64.1 Å². The second-order valence-electron chi connectivity index (χ2n) is 5.98. The number of hydrogen-bond acceptors (Lipinski definition) is 3. The van der Waals surface area contributed by atoms with Crippen LogP contribution in [-0.4, -0.2) is 19.6 Å². The highest BCUT2D eigenvalue weighted by Gasteiger charge is 2.30. The third-order valence-corrected chi connectivity index (χ3v) is 6.20. The van der Waals surface area contributed by atoms with E-state index in [1.807, 2.05) is 13.8 Å². The van der Waals surface area contributed by atoms with Crippen LogP contribution in [0.15, 0.2) is 53.4 Å². The van der Waals surface area contributed by atoms with Crippen molar-refractivity contribution in [3.63, 3.8) is 0 Å². The zero-order valence-electron chi connectivity index (χ0n) is 14.0. The summed E-state index contributed by atoms with van der Waals surface area (Å²) < 4.78 is 28.0. The Kier molecular flexibility index (Phi) is 6.88. The molecule has 0 aromatic heterocycles. The maximum atomic E-state index is 12.7. The van der Waals surface area contributed by atoms with E-state index in [1.54, 1.807) is 24.3 Å². The van der Waals surface area contributed by atoms with Gasteiger partial charge >= 0.3 is 0 Å². The van der Waals surface area contributed by atoms with Crippen LogP contribution in [0.4, 0.5) is 0 Å². The smallest absolute Gasteiger partial charge is 0.240 e. The van der Waals surface area contributed by atoms with Gasteiger partial charge in [-0.25, -0.2) is 13.1 Å². The van der Waals surface area contributed by atoms with Gasteiger partial charge in [0, 0.05) is 10.0 Å². The van der Waals surface area contributed by atoms with E-state index in [0.717, 1.165) is 0 Å². The number of rotatable bonds is 7. The summed E-state index contributed by atoms with van der Waals surface area (Å²) in [4.78, 5) is 0.105. The maximum absolute atomic E-state index is 12.7. The zero-order chi connectivity index (χ0) is 18.6. The van der Waals surface area contributed by atoms with Crippen LogP contribution in [0.1, 0.15) is 31.9 Å². The van der Waals surface area contributed by atoms with Crippen molar-refractivity contribution in [2.75, 3.05) is 0 Å². The molecule has 136 valence electrons. The Morgan fingerprint density at radius 1 is 1.00 bits per heavy atom. The molecule has 0 aliphatic rings. The van der Waals surface area contributed by atoms with Gasteiger partial charge < -0.3 is 5.11 Å². The van der Waals surface area contributed by atoms with Crippen molar-refractivity contribution in [3.8, 4) is 0 Å². The molecule has 2 N–H and O–H groups in total. The topological polar surface area (TPSA) is 66.4 Å². The molecule has 2 aromatic rings. The van der Waals surface area contributed by atoms with Crippen LogP contribution in [-0.2, 0) is 10.0 Å². The minimum absolute atomic E-state index is 0.0762. The van der Waals surface area contributed by atoms with Gasteiger partial charge in [0.15, 0.2) is 0 Å². The van der Waals surface area contributed by atoms with Gasteiger partial charge in [-0.05, 0) is 47.9 Å². The molecule has 0 spiro atoms. The summed E-state index contributed by atoms with van der Waals surface area (Å²) in [5.41, 5.74) is 0.605. The average molecular weight is 402 g/mol. The highest BCUT2D eigenvalue weighted by atomic mass is 35.5. The second kappa shape index (κ2) is 8.52. The first kappa shape index (κ1) is 20.2. The molecule has 3 atom stereocenters. The van der Waals surface area contributed by atoms with Crippen LogP contribution in [0.25, 0.3) is 0 Å². The predicted molar refractivity (Wildman–Crippen MR) is 101 cm³/mol. The fourth-order valence-electron chi connectivity index (χ4n) is 2.47. The summed E-state index contributed by atoms with van der Waals surface area (Å²) in [6.07, 6.45) is -0.285. The predicted octanol–water partition coefficient (Wildman–Crippen LogP) is 4.42. The maximum Gasteiger partial charge on any atom is 0.240 e. The third-order valence-electron chi connectivity index (χ3n) is 4.22. The van der Waals surface area contributed by atoms with E-state index < -0.39 is 22.2 Å². The highest BCUT2D eigenvalue weighted by molar-refractivity contribution is 7.89. The van der Waals surface area contributed by atoms with Gasteiger partial charge in [-0.15, -0.1) is 0 Å². The number of halogens is 2. The largest absolute Gasteiger partial charge is 0.387 e. The van der Waals surface area contributed by atoms with Gasteiger partial charge in [0.2, 0.25) is 10.0 Å². The van der Waals surface area contributed by atoms with Crippen molar-refractivity contribution >= 4 is 33.2 Å². The second-order valence-corrected chi connectivity index (χ2v) is 8.57. The normalized spacial score (nSPS) is 15.6. The Labute approximate surface area is 158 Å². The molecule has 0 aliphatic carbocycles. The van der Waals surface area contributed by atoms with Crippen molar-refractivity contribution in [1.82, 2.24) is 4.72 Å². The Balaban J connectivity index is 2.31. The fourth-order valence-corrected chi connectivity index (χ4v) is 4.08. The van der Waals surface area contributed by atoms with Gasteiger partial charge in [-0.1, -0.05) is 55.6 Å². The monoisotopic (exact) mass is 401 g/mol. The lowest BCUT2D eigenvalue weighted by Gasteiger charge is -2.29. The lowest BCUT2D eigenvalue weighted by molar-refractivity contribution is 0.112. The molecule has 3 unspecified atom stereocenters. The molecule has 0 saturated carbocycles. The fraction of sp³-hybridized carbons (Fsp3) is 0.333. The van der Waals surface area contributed by atoms with Gasteiger partial charge in [-0.3, -0.25) is 0 Å². The number of nitrogens with one attached hydrogen (secondary N) is 1. The first-order valence-corrected chi connectivity index (χ1v) is 10.2. The lowest BCUT2D eigenvalue weighted by atomic mass is 9.91. The molecule has 0 amide bonds. The molecule has 2 rings (SSSR count). The Morgan fingerprint density at radius 2 is 1.48 bits per heavy atom. The quantitative estimate of drug-likeness (QED) is 0.721. The van der Waals surface area contributed by atoms with Crippen LogP contribution < -0.4 is 4.72 Å². The van der Waals surface area contributed by atoms with Crippen molar-refractivity contribution in [1.29, 1.82) is 0 Å². The first-order chi connectivity index (χ1) is 11.7. The molecule has 0 aliphatic heterocycles. The number of aliphatic hydroxyl groups excluding tert-OH is 1. The Bertz CT molecular complexity index is 792. The summed E-state index contributed by atoms with van der Waals surface area (Å²) in [5.74, 6) is -0.0762. The molecule has 25 heavy (non-hydrogen) atoms. The minimum Gasteiger partial charge on any atom is -0.387 e. The van der Waals surface area contributed by atoms with E-state index >= 15 is 0 Å². The van der Waals surface area contributed by atoms with E-state index in [-0.39, 0.29) is 10.8 Å². The van der Waals surface area contributed by atoms with Crippen LogP contribution in [0, 0.1) is 5.92 Å². The Morgan fingerprint density at radius 3 is 1.96 bits per heavy atom. The standard InChI is InChI=1S/C18H21Cl2NO3S/c1-3-12(2)17(18(22)13-4-6-14(19)7-5-13)21-25(23,24)16-10-8-15(20)9-11-16/h4-12,17-18,21-22H,3H2,1-2H3. The lowest BCUT2D eigenvalue weighted by Crippen LogP contribution is -2.43. The number of aliphatic hydroxyl groups is 1. The zero-order valence-corrected chi connectivity index (χ0v) is 16.3. The molecule has 0 bridgehead atoms. The molecular weight excluding hydrogens is 381 g/mol. The average Bonchev–Trinajstić information content (AvgIpc) is 2.59. The molecular formula is C18H21Cl2NO3S. The Hall–Kier alpha value is -1.11. The summed E-state index contributed by atoms with van der Waals surface area (Å²) in [6, 6.07) is 12.0. The van der Waals surface area contributed by atoms with E-state index in [9.17, 15) is 13.5 Å². The molecule has 7 heteroatoms. The van der Waals surface area contributed by atoms with Crippen molar-refractivity contribution in [2.24, 2.45) is 5.92 Å². The van der Waals surface area contributed by atoms with Crippen LogP contribution in [0.2, 0.25) is 10.0 Å². The van der Waals surface area contributed by atoms with Gasteiger partial charge in [-0.2, -0.15) is 0 Å². The van der Waals surface area contributed by atoms with Crippen LogP contribution in [0.5, 0.6) is 0 Å². The molecule has 0 saturated heterocycles. The van der Waals surface area contributed by atoms with Crippen molar-refractivity contribution in [2.45, 2.75) is 37.3 Å². The van der Waals surface area contributed by atoms with E-state index in [0.29, 0.717) is 22.0 Å². The summed E-state index contributed by atoms with van der Waals surface area (Å²) in [7, 11) is -3.79. The van der Waals surface area contributed by atoms with E-state index in [1.165, 1.54) is 24.3 Å². The molecule has 0 fully saturated rings. The van der Waals surface area contributed by atoms with Gasteiger partial charge in [0.05, 0.1) is 17.0 Å². The first-order valence-electron chi connectivity index (χ1n) is 7.96. The van der Waals surface area contributed by atoms with Gasteiger partial charge in [0.25, 0.3) is 0 Å². The van der Waals surface area contributed by atoms with Crippen molar-refractivity contribution < 1.29 is 13.5 Å².